The molecule has 3 aliphatic heterocycles. The van der Waals surface area contributed by atoms with E-state index in [1.54, 1.807) is 0 Å². The van der Waals surface area contributed by atoms with Crippen LogP contribution in [0.15, 0.2) is 11.1 Å². The Morgan fingerprint density at radius 1 is 0.741 bits per heavy atom. The zero-order chi connectivity index (χ0) is 37.6. The van der Waals surface area contributed by atoms with Crippen molar-refractivity contribution >= 4 is 23.6 Å². The summed E-state index contributed by atoms with van der Waals surface area (Å²) in [6.45, 7) is 9.94. The van der Waals surface area contributed by atoms with Gasteiger partial charge in [0, 0.05) is 58.3 Å². The Balaban J connectivity index is 0.810. The number of carbonyl (C=O) groups is 4. The predicted molar refractivity (Wildman–Crippen MR) is 207 cm³/mol. The number of rotatable bonds is 13. The first-order valence-corrected chi connectivity index (χ1v) is 22.2. The lowest BCUT2D eigenvalue weighted by Crippen LogP contribution is -2.55. The molecule has 0 aromatic carbocycles. The van der Waals surface area contributed by atoms with E-state index in [2.05, 4.69) is 27.4 Å². The summed E-state index contributed by atoms with van der Waals surface area (Å²) in [5.74, 6) is 0.0278. The molecule has 302 valence electrons. The van der Waals surface area contributed by atoms with Crippen molar-refractivity contribution in [3.05, 3.63) is 11.1 Å². The molecule has 0 aromatic heterocycles. The number of nitrogens with zero attached hydrogens (tertiary/aromatic N) is 3. The van der Waals surface area contributed by atoms with Crippen molar-refractivity contribution in [2.24, 2.45) is 29.6 Å². The van der Waals surface area contributed by atoms with Crippen LogP contribution in [-0.2, 0) is 23.9 Å². The first kappa shape index (κ1) is 40.0. The minimum atomic E-state index is -0.866. The van der Waals surface area contributed by atoms with Gasteiger partial charge in [0.05, 0.1) is 30.7 Å². The van der Waals surface area contributed by atoms with E-state index in [-0.39, 0.29) is 48.6 Å². The van der Waals surface area contributed by atoms with E-state index >= 15 is 0 Å². The van der Waals surface area contributed by atoms with Crippen LogP contribution in [0.3, 0.4) is 0 Å². The van der Waals surface area contributed by atoms with Gasteiger partial charge in [-0.25, -0.2) is 0 Å². The molecule has 11 heteroatoms. The topological polar surface area (TPSA) is 132 Å². The van der Waals surface area contributed by atoms with Crippen LogP contribution in [0.2, 0.25) is 0 Å². The number of ether oxygens (including phenoxy) is 1. The highest BCUT2D eigenvalue weighted by molar-refractivity contribution is 6.11. The average molecular weight is 752 g/mol. The normalized spacial score (nSPS) is 35.6. The molecule has 0 bridgehead atoms. The molecular formula is C43H69N5O6. The zero-order valence-corrected chi connectivity index (χ0v) is 33.1. The van der Waals surface area contributed by atoms with Crippen molar-refractivity contribution < 1.29 is 29.0 Å². The molecule has 4 amide bonds. The van der Waals surface area contributed by atoms with Gasteiger partial charge in [-0.3, -0.25) is 39.2 Å². The molecule has 4 atom stereocenters. The molecule has 4 saturated carbocycles. The van der Waals surface area contributed by atoms with E-state index in [1.807, 2.05) is 11.1 Å². The van der Waals surface area contributed by atoms with Crippen molar-refractivity contribution in [1.82, 2.24) is 25.3 Å². The molecule has 3 N–H and O–H groups in total. The summed E-state index contributed by atoms with van der Waals surface area (Å²) >= 11 is 0. The number of allylic oxidation sites excluding steroid dienone is 2. The molecular weight excluding hydrogens is 683 g/mol. The summed E-state index contributed by atoms with van der Waals surface area (Å²) in [6, 6.07) is -0.934. The van der Waals surface area contributed by atoms with Gasteiger partial charge in [0.25, 0.3) is 0 Å². The van der Waals surface area contributed by atoms with Crippen molar-refractivity contribution in [2.75, 3.05) is 52.4 Å². The van der Waals surface area contributed by atoms with Crippen LogP contribution >= 0.6 is 0 Å². The van der Waals surface area contributed by atoms with Crippen LogP contribution in [0.4, 0.5) is 0 Å². The van der Waals surface area contributed by atoms with Gasteiger partial charge in [-0.1, -0.05) is 43.8 Å². The average Bonchev–Trinajstić information content (AvgIpc) is 3.44. The van der Waals surface area contributed by atoms with Gasteiger partial charge in [-0.15, -0.1) is 0 Å². The van der Waals surface area contributed by atoms with Crippen LogP contribution < -0.4 is 10.6 Å². The van der Waals surface area contributed by atoms with E-state index in [0.29, 0.717) is 24.4 Å². The maximum atomic E-state index is 13.5. The van der Waals surface area contributed by atoms with E-state index in [9.17, 15) is 24.3 Å². The summed E-state index contributed by atoms with van der Waals surface area (Å²) in [4.78, 5) is 57.2. The molecule has 4 aliphatic carbocycles. The molecule has 54 heavy (non-hydrogen) atoms. The summed E-state index contributed by atoms with van der Waals surface area (Å²) in [7, 11) is 0. The molecule has 0 aromatic rings. The van der Waals surface area contributed by atoms with E-state index in [1.165, 1.54) is 81.9 Å². The van der Waals surface area contributed by atoms with Gasteiger partial charge in [0.15, 0.2) is 0 Å². The van der Waals surface area contributed by atoms with E-state index < -0.39 is 17.9 Å². The Bertz CT molecular complexity index is 1340. The summed E-state index contributed by atoms with van der Waals surface area (Å²) in [6.07, 6.45) is 20.4. The number of likely N-dealkylation sites (tertiary alicyclic amines) is 1. The molecule has 7 fully saturated rings. The number of nitrogens with one attached hydrogen (secondary N) is 2. The fraction of sp³-hybridized carbons (Fsp3) is 0.860. The second kappa shape index (κ2) is 18.8. The molecule has 11 nitrogen and oxygen atoms in total. The Kier molecular flexibility index (Phi) is 14.0. The van der Waals surface area contributed by atoms with Crippen molar-refractivity contribution in [3.63, 3.8) is 0 Å². The smallest absolute Gasteiger partial charge is 0.249 e. The number of piperazine rings is 1. The fourth-order valence-corrected chi connectivity index (χ4v) is 11.7. The third-order valence-corrected chi connectivity index (χ3v) is 14.7. The zero-order valence-electron chi connectivity index (χ0n) is 33.1. The van der Waals surface area contributed by atoms with Crippen molar-refractivity contribution in [1.29, 1.82) is 0 Å². The molecule has 4 unspecified atom stereocenters. The van der Waals surface area contributed by atoms with Crippen molar-refractivity contribution in [3.8, 4) is 0 Å². The highest BCUT2D eigenvalue weighted by Gasteiger charge is 2.55. The third-order valence-electron chi connectivity index (χ3n) is 14.7. The lowest BCUT2D eigenvalue weighted by Gasteiger charge is -2.40. The second-order valence-electron chi connectivity index (χ2n) is 17.8. The summed E-state index contributed by atoms with van der Waals surface area (Å²) in [5, 5.41) is 16.2. The number of fused-ring (bicyclic) bond motifs is 1. The van der Waals surface area contributed by atoms with Crippen LogP contribution in [-0.4, -0.2) is 120 Å². The quantitative estimate of drug-likeness (QED) is 0.183. The van der Waals surface area contributed by atoms with E-state index in [4.69, 9.17) is 4.74 Å². The molecule has 7 aliphatic rings. The number of hydrogen-bond donors (Lipinski definition) is 3. The van der Waals surface area contributed by atoms with Crippen LogP contribution in [0, 0.1) is 29.6 Å². The standard InChI is InChI=1S/C43H69N5O6/c1-2-34(29-7-4-3-5-8-29)39(30-11-15-32(49)16-12-30)31-13-17-33(18-14-31)54-28-27-47-25-23-46(24-26-47)22-21-44-36-10-6-9-35-40(36)43(53)48(42(35)52)37-19-20-38(50)45-41(37)51/h29-33,35-37,40,44,49H,2-28H2,1H3,(H,45,50,51)/b39-34-. The lowest BCUT2D eigenvalue weighted by molar-refractivity contribution is -0.151. The van der Waals surface area contributed by atoms with Crippen LogP contribution in [0.25, 0.3) is 0 Å². The monoisotopic (exact) mass is 752 g/mol. The number of aliphatic hydroxyl groups is 1. The number of aliphatic hydroxyl groups excluding tert-OH is 1. The Morgan fingerprint density at radius 2 is 1.41 bits per heavy atom. The van der Waals surface area contributed by atoms with Gasteiger partial charge < -0.3 is 15.2 Å². The fourth-order valence-electron chi connectivity index (χ4n) is 11.7. The van der Waals surface area contributed by atoms with Gasteiger partial charge in [-0.2, -0.15) is 0 Å². The third kappa shape index (κ3) is 9.33. The van der Waals surface area contributed by atoms with Gasteiger partial charge in [0.2, 0.25) is 23.6 Å². The lowest BCUT2D eigenvalue weighted by atomic mass is 9.68. The number of amides is 4. The summed E-state index contributed by atoms with van der Waals surface area (Å²) < 4.78 is 6.54. The molecule has 0 radical (unpaired) electrons. The molecule has 0 spiro atoms. The molecule has 3 saturated heterocycles. The second-order valence-corrected chi connectivity index (χ2v) is 17.8. The number of imide groups is 2. The predicted octanol–water partition coefficient (Wildman–Crippen LogP) is 4.57. The molecule has 3 heterocycles. The molecule has 7 rings (SSSR count). The Hall–Kier alpha value is -2.18. The largest absolute Gasteiger partial charge is 0.393 e. The maximum absolute atomic E-state index is 13.5. The first-order chi connectivity index (χ1) is 26.3. The minimum Gasteiger partial charge on any atom is -0.393 e. The number of hydrogen-bond acceptors (Lipinski definition) is 9. The highest BCUT2D eigenvalue weighted by atomic mass is 16.5. The van der Waals surface area contributed by atoms with Crippen molar-refractivity contribution in [2.45, 2.75) is 153 Å². The minimum absolute atomic E-state index is 0.0681. The summed E-state index contributed by atoms with van der Waals surface area (Å²) in [5.41, 5.74) is 3.65. The first-order valence-electron chi connectivity index (χ1n) is 22.2. The van der Waals surface area contributed by atoms with Crippen LogP contribution in [0.1, 0.15) is 129 Å². The van der Waals surface area contributed by atoms with Crippen LogP contribution in [0.5, 0.6) is 0 Å². The highest BCUT2D eigenvalue weighted by Crippen LogP contribution is 2.46. The van der Waals surface area contributed by atoms with E-state index in [0.717, 1.165) is 84.0 Å². The maximum Gasteiger partial charge on any atom is 0.249 e. The van der Waals surface area contributed by atoms with Gasteiger partial charge >= 0.3 is 0 Å². The number of piperidine rings is 1. The SMILES string of the molecule is CC/C(=C(\C1CCC(O)CC1)C1CCC(OCCN2CCN(CCNC3CCCC4C(=O)N(C5CCC(=O)NC5=O)C(=O)C34)CC2)CC1)C1CCCCC1. The Labute approximate surface area is 323 Å². The number of carbonyl (C=O) groups excluding carboxylic acids is 4. The Morgan fingerprint density at radius 3 is 2.07 bits per heavy atom. The van der Waals surface area contributed by atoms with Gasteiger partial charge in [0.1, 0.15) is 6.04 Å². The van der Waals surface area contributed by atoms with Gasteiger partial charge in [-0.05, 0) is 108 Å².